The first-order valence-electron chi connectivity index (χ1n) is 8.01. The molecule has 1 aromatic rings. The normalized spacial score (nSPS) is 14.9. The van der Waals surface area contributed by atoms with Crippen LogP contribution in [0.4, 0.5) is 52.7 Å². The van der Waals surface area contributed by atoms with E-state index in [0.29, 0.717) is 0 Å². The van der Waals surface area contributed by atoms with Crippen molar-refractivity contribution in [2.75, 3.05) is 0 Å². The number of halogens is 12. The van der Waals surface area contributed by atoms with Gasteiger partial charge in [0.05, 0.1) is 0 Å². The standard InChI is InChI=1S/C16H14F12O2/c1-2-3-4-8-5-9(11(29,13(17,18)19)14(20,21)22)7-10(6-8)12(30,15(23,24)25)16(26,27)28/h5-7,29-30H,2-4H2,1H3. The Morgan fingerprint density at radius 1 is 0.600 bits per heavy atom. The van der Waals surface area contributed by atoms with Gasteiger partial charge >= 0.3 is 24.7 Å². The Morgan fingerprint density at radius 3 is 1.13 bits per heavy atom. The minimum atomic E-state index is -6.56. The predicted molar refractivity (Wildman–Crippen MR) is 77.1 cm³/mol. The highest BCUT2D eigenvalue weighted by Gasteiger charge is 2.74. The van der Waals surface area contributed by atoms with Gasteiger partial charge in [0, 0.05) is 11.1 Å². The molecule has 30 heavy (non-hydrogen) atoms. The van der Waals surface area contributed by atoms with E-state index in [2.05, 4.69) is 0 Å². The molecule has 1 aromatic carbocycles. The lowest BCUT2D eigenvalue weighted by molar-refractivity contribution is -0.378. The second-order valence-corrected chi connectivity index (χ2v) is 6.43. The molecule has 1 rings (SSSR count). The monoisotopic (exact) mass is 466 g/mol. The molecule has 0 unspecified atom stereocenters. The summed E-state index contributed by atoms with van der Waals surface area (Å²) in [7, 11) is 0. The zero-order valence-corrected chi connectivity index (χ0v) is 14.8. The summed E-state index contributed by atoms with van der Waals surface area (Å²) >= 11 is 0. The Labute approximate surface area is 161 Å². The van der Waals surface area contributed by atoms with Crippen molar-refractivity contribution in [3.05, 3.63) is 34.9 Å². The van der Waals surface area contributed by atoms with E-state index >= 15 is 0 Å². The molecule has 0 aliphatic heterocycles. The third kappa shape index (κ3) is 4.34. The summed E-state index contributed by atoms with van der Waals surface area (Å²) in [6.07, 6.45) is -26.5. The van der Waals surface area contributed by atoms with E-state index in [0.717, 1.165) is 0 Å². The molecule has 0 bridgehead atoms. The first kappa shape index (κ1) is 26.3. The van der Waals surface area contributed by atoms with Crippen LogP contribution >= 0.6 is 0 Å². The molecule has 0 amide bonds. The molecular weight excluding hydrogens is 452 g/mol. The SMILES string of the molecule is CCCCc1cc(C(O)(C(F)(F)F)C(F)(F)F)cc(C(O)(C(F)(F)F)C(F)(F)F)c1. The summed E-state index contributed by atoms with van der Waals surface area (Å²) in [5.41, 5.74) is -17.0. The van der Waals surface area contributed by atoms with Crippen LogP contribution in [-0.2, 0) is 17.6 Å². The topological polar surface area (TPSA) is 40.5 Å². The molecule has 0 aromatic heterocycles. The minimum Gasteiger partial charge on any atom is -0.369 e. The molecule has 0 saturated carbocycles. The van der Waals surface area contributed by atoms with Crippen LogP contribution in [0.1, 0.15) is 36.5 Å². The van der Waals surface area contributed by atoms with Gasteiger partial charge in [0.1, 0.15) is 0 Å². The van der Waals surface area contributed by atoms with E-state index in [1.807, 2.05) is 0 Å². The minimum absolute atomic E-state index is 0.00725. The Hall–Kier alpha value is -1.70. The molecular formula is C16H14F12O2. The van der Waals surface area contributed by atoms with Crippen LogP contribution in [-0.4, -0.2) is 34.9 Å². The number of alkyl halides is 12. The zero-order valence-electron chi connectivity index (χ0n) is 14.8. The molecule has 0 atom stereocenters. The van der Waals surface area contributed by atoms with Gasteiger partial charge in [0.2, 0.25) is 0 Å². The first-order valence-corrected chi connectivity index (χ1v) is 8.01. The number of benzene rings is 1. The molecule has 174 valence electrons. The number of unbranched alkanes of at least 4 members (excludes halogenated alkanes) is 1. The third-order valence-corrected chi connectivity index (χ3v) is 4.29. The summed E-state index contributed by atoms with van der Waals surface area (Å²) in [4.78, 5) is 0. The quantitative estimate of drug-likeness (QED) is 0.551. The summed E-state index contributed by atoms with van der Waals surface area (Å²) in [5.74, 6) is 0. The van der Waals surface area contributed by atoms with Crippen molar-refractivity contribution in [3.63, 3.8) is 0 Å². The Morgan fingerprint density at radius 2 is 0.900 bits per heavy atom. The van der Waals surface area contributed by atoms with Crippen molar-refractivity contribution in [1.29, 1.82) is 0 Å². The van der Waals surface area contributed by atoms with Crippen LogP contribution < -0.4 is 0 Å². The molecule has 0 fully saturated rings. The number of hydrogen-bond donors (Lipinski definition) is 2. The van der Waals surface area contributed by atoms with Gasteiger partial charge in [-0.1, -0.05) is 25.5 Å². The van der Waals surface area contributed by atoms with Gasteiger partial charge in [-0.05, 0) is 24.5 Å². The van der Waals surface area contributed by atoms with E-state index < -0.39 is 65.1 Å². The summed E-state index contributed by atoms with van der Waals surface area (Å²) in [6.45, 7) is 1.48. The largest absolute Gasteiger partial charge is 0.430 e. The second-order valence-electron chi connectivity index (χ2n) is 6.43. The van der Waals surface area contributed by atoms with Crippen LogP contribution in [0.2, 0.25) is 0 Å². The van der Waals surface area contributed by atoms with Gasteiger partial charge in [0.25, 0.3) is 11.2 Å². The molecule has 0 aliphatic rings. The van der Waals surface area contributed by atoms with E-state index in [1.54, 1.807) is 0 Å². The Kier molecular flexibility index (Phi) is 6.82. The zero-order chi connectivity index (χ0) is 24.0. The smallest absolute Gasteiger partial charge is 0.369 e. The Balaban J connectivity index is 4.02. The molecule has 0 aliphatic carbocycles. The highest BCUT2D eigenvalue weighted by atomic mass is 19.4. The second kappa shape index (κ2) is 7.77. The summed E-state index contributed by atoms with van der Waals surface area (Å²) in [6, 6.07) is -0.780. The molecule has 0 radical (unpaired) electrons. The number of hydrogen-bond acceptors (Lipinski definition) is 2. The van der Waals surface area contributed by atoms with E-state index in [4.69, 9.17) is 0 Å². The fraction of sp³-hybridized carbons (Fsp3) is 0.625. The maximum Gasteiger partial charge on any atom is 0.430 e. The van der Waals surface area contributed by atoms with Crippen LogP contribution in [0.15, 0.2) is 18.2 Å². The van der Waals surface area contributed by atoms with E-state index in [1.165, 1.54) is 6.92 Å². The summed E-state index contributed by atoms with van der Waals surface area (Å²) in [5, 5.41) is 18.8. The number of rotatable bonds is 5. The third-order valence-electron chi connectivity index (χ3n) is 4.29. The fourth-order valence-electron chi connectivity index (χ4n) is 2.61. The van der Waals surface area contributed by atoms with Crippen LogP contribution in [0.3, 0.4) is 0 Å². The van der Waals surface area contributed by atoms with Gasteiger partial charge in [-0.15, -0.1) is 0 Å². The molecule has 0 saturated heterocycles. The molecule has 0 heterocycles. The highest BCUT2D eigenvalue weighted by molar-refractivity contribution is 5.40. The maximum atomic E-state index is 13.1. The van der Waals surface area contributed by atoms with Gasteiger partial charge in [-0.25, -0.2) is 0 Å². The van der Waals surface area contributed by atoms with Crippen molar-refractivity contribution >= 4 is 0 Å². The summed E-state index contributed by atoms with van der Waals surface area (Å²) < 4.78 is 157. The van der Waals surface area contributed by atoms with Gasteiger partial charge in [-0.3, -0.25) is 0 Å². The molecule has 14 heteroatoms. The predicted octanol–water partition coefficient (Wildman–Crippen LogP) is 5.65. The molecule has 2 nitrogen and oxygen atoms in total. The highest BCUT2D eigenvalue weighted by Crippen LogP contribution is 2.54. The Bertz CT molecular complexity index is 658. The van der Waals surface area contributed by atoms with Crippen molar-refractivity contribution in [2.24, 2.45) is 0 Å². The van der Waals surface area contributed by atoms with E-state index in [-0.39, 0.29) is 25.0 Å². The van der Waals surface area contributed by atoms with Crippen molar-refractivity contribution in [3.8, 4) is 0 Å². The molecule has 0 spiro atoms. The van der Waals surface area contributed by atoms with Crippen molar-refractivity contribution < 1.29 is 62.9 Å². The lowest BCUT2D eigenvalue weighted by Crippen LogP contribution is -2.55. The number of aliphatic hydroxyl groups is 2. The maximum absolute atomic E-state index is 13.1. The number of aryl methyl sites for hydroxylation is 1. The lowest BCUT2D eigenvalue weighted by atomic mass is 9.83. The lowest BCUT2D eigenvalue weighted by Gasteiger charge is -2.36. The average Bonchev–Trinajstić information content (AvgIpc) is 2.53. The van der Waals surface area contributed by atoms with Gasteiger partial charge in [0.15, 0.2) is 0 Å². The van der Waals surface area contributed by atoms with Crippen molar-refractivity contribution in [1.82, 2.24) is 0 Å². The van der Waals surface area contributed by atoms with Crippen LogP contribution in [0, 0.1) is 0 Å². The first-order chi connectivity index (χ1) is 13.1. The molecule has 2 N–H and O–H groups in total. The fourth-order valence-corrected chi connectivity index (χ4v) is 2.61. The van der Waals surface area contributed by atoms with Gasteiger partial charge < -0.3 is 10.2 Å². The average molecular weight is 466 g/mol. The van der Waals surface area contributed by atoms with E-state index in [9.17, 15) is 62.9 Å². The van der Waals surface area contributed by atoms with Gasteiger partial charge in [-0.2, -0.15) is 52.7 Å². The van der Waals surface area contributed by atoms with Crippen molar-refractivity contribution in [2.45, 2.75) is 62.1 Å². The van der Waals surface area contributed by atoms with Crippen LogP contribution in [0.5, 0.6) is 0 Å². The van der Waals surface area contributed by atoms with Crippen LogP contribution in [0.25, 0.3) is 0 Å².